The lowest BCUT2D eigenvalue weighted by Gasteiger charge is -1.95. The van der Waals surface area contributed by atoms with Crippen molar-refractivity contribution in [3.05, 3.63) is 17.8 Å². The Morgan fingerprint density at radius 2 is 2.55 bits per heavy atom. The van der Waals surface area contributed by atoms with Crippen LogP contribution in [0.2, 0.25) is 0 Å². The first kappa shape index (κ1) is 8.20. The van der Waals surface area contributed by atoms with Gasteiger partial charge in [0.2, 0.25) is 5.88 Å². The van der Waals surface area contributed by atoms with Crippen LogP contribution in [-0.2, 0) is 0 Å². The number of rotatable bonds is 3. The van der Waals surface area contributed by atoms with Crippen LogP contribution in [0.25, 0.3) is 0 Å². The highest BCUT2D eigenvalue weighted by atomic mass is 32.1. The van der Waals surface area contributed by atoms with Crippen molar-refractivity contribution in [3.63, 3.8) is 0 Å². The molecule has 11 heavy (non-hydrogen) atoms. The third kappa shape index (κ3) is 3.13. The summed E-state index contributed by atoms with van der Waals surface area (Å²) in [6.07, 6.45) is 3.61. The maximum absolute atomic E-state index is 5.22. The van der Waals surface area contributed by atoms with Gasteiger partial charge in [-0.3, -0.25) is 0 Å². The van der Waals surface area contributed by atoms with E-state index in [9.17, 15) is 0 Å². The minimum atomic E-state index is 0.577. The molecule has 1 aromatic rings. The molecule has 0 bridgehead atoms. The van der Waals surface area contributed by atoms with Crippen LogP contribution in [0.4, 0.5) is 0 Å². The maximum Gasteiger partial charge on any atom is 0.246 e. The van der Waals surface area contributed by atoms with Crippen LogP contribution in [0.3, 0.4) is 0 Å². The topological polar surface area (TPSA) is 35.0 Å². The Balaban J connectivity index is 2.30. The van der Waals surface area contributed by atoms with Crippen LogP contribution >= 0.6 is 11.7 Å². The second-order valence-corrected chi connectivity index (χ2v) is 2.89. The second-order valence-electron chi connectivity index (χ2n) is 2.34. The van der Waals surface area contributed by atoms with E-state index in [0.717, 1.165) is 11.7 Å². The number of aromatic nitrogens is 2. The number of ether oxygens (including phenoxy) is 1. The van der Waals surface area contributed by atoms with Gasteiger partial charge < -0.3 is 4.74 Å². The van der Waals surface area contributed by atoms with Crippen LogP contribution < -0.4 is 4.74 Å². The fourth-order valence-corrected chi connectivity index (χ4v) is 0.878. The zero-order chi connectivity index (χ0) is 8.10. The first-order valence-electron chi connectivity index (χ1n) is 3.33. The largest absolute Gasteiger partial charge is 0.472 e. The van der Waals surface area contributed by atoms with E-state index in [1.54, 1.807) is 6.20 Å². The van der Waals surface area contributed by atoms with E-state index in [2.05, 4.69) is 8.75 Å². The second kappa shape index (κ2) is 4.08. The summed E-state index contributed by atoms with van der Waals surface area (Å²) in [5.74, 6) is 0.604. The molecule has 60 valence electrons. The van der Waals surface area contributed by atoms with Gasteiger partial charge in [-0.25, -0.2) is 0 Å². The summed E-state index contributed by atoms with van der Waals surface area (Å²) < 4.78 is 12.9. The molecular weight excluding hydrogens is 160 g/mol. The smallest absolute Gasteiger partial charge is 0.246 e. The first-order valence-corrected chi connectivity index (χ1v) is 4.06. The Kier molecular flexibility index (Phi) is 3.04. The van der Waals surface area contributed by atoms with E-state index in [0.29, 0.717) is 12.5 Å². The zero-order valence-corrected chi connectivity index (χ0v) is 7.39. The molecule has 0 saturated carbocycles. The van der Waals surface area contributed by atoms with Gasteiger partial charge in [0.15, 0.2) is 0 Å². The minimum Gasteiger partial charge on any atom is -0.472 e. The average molecular weight is 170 g/mol. The van der Waals surface area contributed by atoms with E-state index >= 15 is 0 Å². The van der Waals surface area contributed by atoms with Crippen molar-refractivity contribution in [2.75, 3.05) is 6.61 Å². The number of nitrogens with zero attached hydrogens (tertiary/aromatic N) is 2. The summed E-state index contributed by atoms with van der Waals surface area (Å²) >= 11 is 1.15. The average Bonchev–Trinajstić information content (AvgIpc) is 2.39. The quantitative estimate of drug-likeness (QED) is 0.650. The van der Waals surface area contributed by atoms with Crippen molar-refractivity contribution in [1.29, 1.82) is 0 Å². The SMILES string of the molecule is CC(C)=CCOc1cnsn1. The number of allylic oxidation sites excluding steroid dienone is 1. The minimum absolute atomic E-state index is 0.577. The van der Waals surface area contributed by atoms with Crippen molar-refractivity contribution >= 4 is 11.7 Å². The number of hydrogen-bond donors (Lipinski definition) is 0. The molecule has 0 atom stereocenters. The first-order chi connectivity index (χ1) is 5.29. The molecule has 0 fully saturated rings. The predicted molar refractivity (Wildman–Crippen MR) is 44.8 cm³/mol. The van der Waals surface area contributed by atoms with Crippen molar-refractivity contribution in [3.8, 4) is 5.88 Å². The Hall–Kier alpha value is -0.900. The van der Waals surface area contributed by atoms with E-state index in [1.807, 2.05) is 19.9 Å². The van der Waals surface area contributed by atoms with E-state index in [4.69, 9.17) is 4.74 Å². The predicted octanol–water partition coefficient (Wildman–Crippen LogP) is 1.88. The van der Waals surface area contributed by atoms with Gasteiger partial charge in [-0.15, -0.1) is 4.37 Å². The van der Waals surface area contributed by atoms with Crippen molar-refractivity contribution in [1.82, 2.24) is 8.75 Å². The highest BCUT2D eigenvalue weighted by molar-refractivity contribution is 6.99. The normalized spacial score (nSPS) is 9.27. The van der Waals surface area contributed by atoms with E-state index in [-0.39, 0.29) is 0 Å². The molecule has 0 aliphatic rings. The maximum atomic E-state index is 5.22. The van der Waals surface area contributed by atoms with Crippen LogP contribution in [0.5, 0.6) is 5.88 Å². The number of hydrogen-bond acceptors (Lipinski definition) is 4. The van der Waals surface area contributed by atoms with Crippen molar-refractivity contribution in [2.24, 2.45) is 0 Å². The molecule has 0 spiro atoms. The fourth-order valence-electron chi connectivity index (χ4n) is 0.513. The van der Waals surface area contributed by atoms with Gasteiger partial charge in [-0.1, -0.05) is 5.57 Å². The monoisotopic (exact) mass is 170 g/mol. The molecule has 1 heterocycles. The summed E-state index contributed by atoms with van der Waals surface area (Å²) in [4.78, 5) is 0. The molecule has 0 N–H and O–H groups in total. The van der Waals surface area contributed by atoms with Gasteiger partial charge in [0, 0.05) is 0 Å². The Labute approximate surface area is 70.0 Å². The van der Waals surface area contributed by atoms with Crippen LogP contribution in [0, 0.1) is 0 Å². The Morgan fingerprint density at radius 1 is 1.73 bits per heavy atom. The van der Waals surface area contributed by atoms with Gasteiger partial charge in [-0.05, 0) is 19.9 Å². The summed E-state index contributed by atoms with van der Waals surface area (Å²) in [7, 11) is 0. The van der Waals surface area contributed by atoms with Crippen LogP contribution in [0.1, 0.15) is 13.8 Å². The van der Waals surface area contributed by atoms with E-state index in [1.165, 1.54) is 5.57 Å². The van der Waals surface area contributed by atoms with Crippen molar-refractivity contribution in [2.45, 2.75) is 13.8 Å². The molecule has 0 unspecified atom stereocenters. The molecule has 1 aromatic heterocycles. The van der Waals surface area contributed by atoms with Crippen LogP contribution in [0.15, 0.2) is 17.8 Å². The molecule has 1 rings (SSSR count). The lowest BCUT2D eigenvalue weighted by molar-refractivity contribution is 0.351. The fraction of sp³-hybridized carbons (Fsp3) is 0.429. The molecule has 0 aliphatic heterocycles. The van der Waals surface area contributed by atoms with Gasteiger partial charge >= 0.3 is 0 Å². The Morgan fingerprint density at radius 3 is 3.09 bits per heavy atom. The molecule has 0 amide bonds. The summed E-state index contributed by atoms with van der Waals surface area (Å²) in [6.45, 7) is 4.64. The molecule has 0 aromatic carbocycles. The molecule has 4 heteroatoms. The van der Waals surface area contributed by atoms with Gasteiger partial charge in [-0.2, -0.15) is 4.37 Å². The third-order valence-corrected chi connectivity index (χ3v) is 1.53. The molecule has 0 radical (unpaired) electrons. The standard InChI is InChI=1S/C7H10N2OS/c1-6(2)3-4-10-7-5-8-11-9-7/h3,5H,4H2,1-2H3. The van der Waals surface area contributed by atoms with E-state index < -0.39 is 0 Å². The zero-order valence-electron chi connectivity index (χ0n) is 6.57. The highest BCUT2D eigenvalue weighted by Crippen LogP contribution is 2.04. The molecule has 3 nitrogen and oxygen atoms in total. The summed E-state index contributed by atoms with van der Waals surface area (Å²) in [5, 5.41) is 0. The molecule has 0 saturated heterocycles. The lowest BCUT2D eigenvalue weighted by atomic mass is 10.3. The summed E-state index contributed by atoms with van der Waals surface area (Å²) in [5.41, 5.74) is 1.24. The van der Waals surface area contributed by atoms with Gasteiger partial charge in [0.25, 0.3) is 0 Å². The third-order valence-electron chi connectivity index (χ3n) is 1.06. The molecular formula is C7H10N2OS. The lowest BCUT2D eigenvalue weighted by Crippen LogP contribution is -1.93. The summed E-state index contributed by atoms with van der Waals surface area (Å²) in [6, 6.07) is 0. The Bertz CT molecular complexity index is 227. The van der Waals surface area contributed by atoms with Crippen molar-refractivity contribution < 1.29 is 4.74 Å². The molecule has 0 aliphatic carbocycles. The van der Waals surface area contributed by atoms with Gasteiger partial charge in [0.05, 0.1) is 11.7 Å². The highest BCUT2D eigenvalue weighted by Gasteiger charge is 1.92. The van der Waals surface area contributed by atoms with Gasteiger partial charge in [0.1, 0.15) is 12.8 Å². The van der Waals surface area contributed by atoms with Crippen LogP contribution in [-0.4, -0.2) is 15.4 Å².